The van der Waals surface area contributed by atoms with Crippen molar-refractivity contribution < 1.29 is 19.8 Å². The quantitative estimate of drug-likeness (QED) is 0.697. The summed E-state index contributed by atoms with van der Waals surface area (Å²) in [7, 11) is 0. The van der Waals surface area contributed by atoms with Gasteiger partial charge in [0.2, 0.25) is 5.91 Å². The number of aliphatic hydroxyl groups excluding tert-OH is 1. The van der Waals surface area contributed by atoms with E-state index in [9.17, 15) is 14.7 Å². The highest BCUT2D eigenvalue weighted by atomic mass is 16.4. The number of nitrogens with one attached hydrogen (secondary N) is 1. The number of aliphatic hydroxyl groups is 1. The van der Waals surface area contributed by atoms with Crippen molar-refractivity contribution in [2.24, 2.45) is 29.6 Å². The number of hydrogen-bond donors (Lipinski definition) is 3. The van der Waals surface area contributed by atoms with Crippen LogP contribution in [0.5, 0.6) is 0 Å². The maximum atomic E-state index is 11.8. The van der Waals surface area contributed by atoms with Gasteiger partial charge < -0.3 is 15.5 Å². The van der Waals surface area contributed by atoms with Crippen LogP contribution in [0.2, 0.25) is 0 Å². The Labute approximate surface area is 112 Å². The highest BCUT2D eigenvalue weighted by molar-refractivity contribution is 5.84. The van der Waals surface area contributed by atoms with Gasteiger partial charge in [-0.2, -0.15) is 0 Å². The fourth-order valence-electron chi connectivity index (χ4n) is 4.92. The van der Waals surface area contributed by atoms with E-state index in [4.69, 9.17) is 5.11 Å². The normalized spacial score (nSPS) is 41.0. The maximum Gasteiger partial charge on any atom is 0.322 e. The first-order valence-corrected chi connectivity index (χ1v) is 7.22. The molecule has 4 bridgehead atoms. The van der Waals surface area contributed by atoms with Crippen molar-refractivity contribution in [1.29, 1.82) is 0 Å². The molecule has 19 heavy (non-hydrogen) atoms. The first-order chi connectivity index (χ1) is 9.04. The smallest absolute Gasteiger partial charge is 0.322 e. The summed E-state index contributed by atoms with van der Waals surface area (Å²) in [5.74, 6) is 0.969. The summed E-state index contributed by atoms with van der Waals surface area (Å²) in [6, 6.07) is 0. The van der Waals surface area contributed by atoms with Gasteiger partial charge in [-0.3, -0.25) is 9.59 Å². The largest absolute Gasteiger partial charge is 0.480 e. The van der Waals surface area contributed by atoms with Gasteiger partial charge in [0.25, 0.3) is 0 Å². The standard InChI is InChI=1S/C14H21NO4/c16-11(17)6-15-14(19)13(18)12-9-2-7-1-8(4-9)5-10(12)3-7/h7-10,12-13,18H,1-6H2,(H,15,19)(H,16,17). The minimum absolute atomic E-state index is 0.0431. The molecule has 0 heterocycles. The van der Waals surface area contributed by atoms with E-state index in [1.807, 2.05) is 0 Å². The van der Waals surface area contributed by atoms with Gasteiger partial charge in [-0.05, 0) is 61.7 Å². The third-order valence-corrected chi connectivity index (χ3v) is 5.35. The molecule has 4 saturated carbocycles. The molecule has 0 aromatic rings. The van der Waals surface area contributed by atoms with Gasteiger partial charge >= 0.3 is 5.97 Å². The van der Waals surface area contributed by atoms with E-state index >= 15 is 0 Å². The lowest BCUT2D eigenvalue weighted by atomic mass is 9.51. The molecule has 1 amide bonds. The summed E-state index contributed by atoms with van der Waals surface area (Å²) in [5.41, 5.74) is 0. The lowest BCUT2D eigenvalue weighted by Gasteiger charge is -2.55. The zero-order valence-corrected chi connectivity index (χ0v) is 10.9. The average molecular weight is 267 g/mol. The Morgan fingerprint density at radius 1 is 1.05 bits per heavy atom. The lowest BCUT2D eigenvalue weighted by Crippen LogP contribution is -2.53. The lowest BCUT2D eigenvalue weighted by molar-refractivity contribution is -0.147. The summed E-state index contributed by atoms with van der Waals surface area (Å²) in [6.45, 7) is -0.413. The van der Waals surface area contributed by atoms with E-state index < -0.39 is 24.5 Å². The molecule has 4 aliphatic carbocycles. The molecule has 4 aliphatic rings. The van der Waals surface area contributed by atoms with Gasteiger partial charge in [-0.1, -0.05) is 0 Å². The molecule has 0 aromatic heterocycles. The van der Waals surface area contributed by atoms with E-state index in [0.717, 1.165) is 37.5 Å². The minimum atomic E-state index is -1.08. The van der Waals surface area contributed by atoms with Crippen molar-refractivity contribution in [2.75, 3.05) is 6.54 Å². The number of aliphatic carboxylic acids is 1. The van der Waals surface area contributed by atoms with Crippen LogP contribution >= 0.6 is 0 Å². The molecule has 0 aliphatic heterocycles. The molecule has 0 spiro atoms. The Morgan fingerprint density at radius 3 is 2.05 bits per heavy atom. The first kappa shape index (κ1) is 12.9. The van der Waals surface area contributed by atoms with Gasteiger partial charge in [-0.25, -0.2) is 0 Å². The molecule has 106 valence electrons. The summed E-state index contributed by atoms with van der Waals surface area (Å²) in [6.07, 6.45) is 4.86. The van der Waals surface area contributed by atoms with Gasteiger partial charge in [0.15, 0.2) is 0 Å². The first-order valence-electron chi connectivity index (χ1n) is 7.22. The molecular formula is C14H21NO4. The van der Waals surface area contributed by atoms with Crippen LogP contribution < -0.4 is 5.32 Å². The van der Waals surface area contributed by atoms with Crippen LogP contribution in [0.25, 0.3) is 0 Å². The maximum absolute atomic E-state index is 11.8. The van der Waals surface area contributed by atoms with E-state index in [1.54, 1.807) is 0 Å². The van der Waals surface area contributed by atoms with Gasteiger partial charge in [0.1, 0.15) is 12.6 Å². The Hall–Kier alpha value is -1.10. The van der Waals surface area contributed by atoms with Gasteiger partial charge in [0, 0.05) is 0 Å². The molecule has 1 atom stereocenters. The molecule has 5 nitrogen and oxygen atoms in total. The minimum Gasteiger partial charge on any atom is -0.480 e. The van der Waals surface area contributed by atoms with Crippen LogP contribution in [-0.4, -0.2) is 34.7 Å². The number of carboxylic acids is 1. The monoisotopic (exact) mass is 267 g/mol. The zero-order chi connectivity index (χ0) is 13.6. The molecule has 0 aromatic carbocycles. The highest BCUT2D eigenvalue weighted by Gasteiger charge is 2.51. The van der Waals surface area contributed by atoms with Crippen LogP contribution in [0.15, 0.2) is 0 Å². The predicted molar refractivity (Wildman–Crippen MR) is 67.2 cm³/mol. The zero-order valence-electron chi connectivity index (χ0n) is 10.9. The van der Waals surface area contributed by atoms with Crippen molar-refractivity contribution in [3.63, 3.8) is 0 Å². The predicted octanol–water partition coefficient (Wildman–Crippen LogP) is 0.620. The Morgan fingerprint density at radius 2 is 1.58 bits per heavy atom. The molecule has 0 radical (unpaired) electrons. The molecule has 0 saturated heterocycles. The highest BCUT2D eigenvalue weighted by Crippen LogP contribution is 2.57. The summed E-state index contributed by atoms with van der Waals surface area (Å²) in [4.78, 5) is 22.3. The third kappa shape index (κ3) is 2.36. The number of carboxylic acid groups (broad SMARTS) is 1. The number of amides is 1. The Bertz CT molecular complexity index is 367. The molecular weight excluding hydrogens is 246 g/mol. The summed E-state index contributed by atoms with van der Waals surface area (Å²) >= 11 is 0. The van der Waals surface area contributed by atoms with Crippen molar-refractivity contribution in [1.82, 2.24) is 5.32 Å². The molecule has 4 rings (SSSR count). The van der Waals surface area contributed by atoms with E-state index in [-0.39, 0.29) is 5.92 Å². The fourth-order valence-corrected chi connectivity index (χ4v) is 4.92. The van der Waals surface area contributed by atoms with Crippen molar-refractivity contribution in [2.45, 2.75) is 38.2 Å². The van der Waals surface area contributed by atoms with Crippen molar-refractivity contribution in [3.8, 4) is 0 Å². The average Bonchev–Trinajstić information content (AvgIpc) is 2.34. The van der Waals surface area contributed by atoms with Crippen LogP contribution in [0.3, 0.4) is 0 Å². The Kier molecular flexibility index (Phi) is 3.25. The second kappa shape index (κ2) is 4.78. The second-order valence-corrected chi connectivity index (χ2v) is 6.56. The number of rotatable bonds is 4. The number of hydrogen-bond acceptors (Lipinski definition) is 3. The van der Waals surface area contributed by atoms with Gasteiger partial charge in [-0.15, -0.1) is 0 Å². The van der Waals surface area contributed by atoms with Crippen molar-refractivity contribution >= 4 is 11.9 Å². The van der Waals surface area contributed by atoms with E-state index in [2.05, 4.69) is 5.32 Å². The second-order valence-electron chi connectivity index (χ2n) is 6.56. The topological polar surface area (TPSA) is 86.6 Å². The van der Waals surface area contributed by atoms with Crippen molar-refractivity contribution in [3.05, 3.63) is 0 Å². The van der Waals surface area contributed by atoms with E-state index in [0.29, 0.717) is 11.8 Å². The molecule has 4 fully saturated rings. The number of carbonyl (C=O) groups is 2. The third-order valence-electron chi connectivity index (χ3n) is 5.35. The number of carbonyl (C=O) groups excluding carboxylic acids is 1. The Balaban J connectivity index is 1.65. The van der Waals surface area contributed by atoms with Crippen LogP contribution in [0.4, 0.5) is 0 Å². The molecule has 1 unspecified atom stereocenters. The van der Waals surface area contributed by atoms with Gasteiger partial charge in [0.05, 0.1) is 0 Å². The molecule has 5 heteroatoms. The fraction of sp³-hybridized carbons (Fsp3) is 0.857. The summed E-state index contributed by atoms with van der Waals surface area (Å²) in [5, 5.41) is 21.1. The SMILES string of the molecule is O=C(O)CNC(=O)C(O)C1C2CC3CC(C2)CC1C3. The van der Waals surface area contributed by atoms with Crippen LogP contribution in [0, 0.1) is 29.6 Å². The molecule has 3 N–H and O–H groups in total. The van der Waals surface area contributed by atoms with Crippen LogP contribution in [-0.2, 0) is 9.59 Å². The van der Waals surface area contributed by atoms with E-state index in [1.165, 1.54) is 6.42 Å². The summed E-state index contributed by atoms with van der Waals surface area (Å²) < 4.78 is 0. The van der Waals surface area contributed by atoms with Crippen LogP contribution in [0.1, 0.15) is 32.1 Å².